The quantitative estimate of drug-likeness (QED) is 0.512. The van der Waals surface area contributed by atoms with E-state index in [-0.39, 0.29) is 36.1 Å². The third kappa shape index (κ3) is 6.35. The van der Waals surface area contributed by atoms with E-state index in [1.54, 1.807) is 36.5 Å². The summed E-state index contributed by atoms with van der Waals surface area (Å²) in [6.07, 6.45) is 3.01. The minimum Gasteiger partial charge on any atom is -0.453 e. The highest BCUT2D eigenvalue weighted by molar-refractivity contribution is 7.89. The molecule has 1 heterocycles. The Hall–Kier alpha value is -3.30. The molecule has 2 aromatic carbocycles. The van der Waals surface area contributed by atoms with Gasteiger partial charge in [-0.25, -0.2) is 17.5 Å². The summed E-state index contributed by atoms with van der Waals surface area (Å²) in [5.41, 5.74) is 2.41. The number of ether oxygens (including phenoxy) is 1. The van der Waals surface area contributed by atoms with Gasteiger partial charge in [-0.2, -0.15) is 0 Å². The van der Waals surface area contributed by atoms with Gasteiger partial charge in [0.25, 0.3) is 0 Å². The summed E-state index contributed by atoms with van der Waals surface area (Å²) in [6, 6.07) is 12.6. The van der Waals surface area contributed by atoms with E-state index in [2.05, 4.69) is 15.0 Å². The van der Waals surface area contributed by atoms with Crippen LogP contribution in [0.1, 0.15) is 23.1 Å². The van der Waals surface area contributed by atoms with Crippen molar-refractivity contribution in [3.63, 3.8) is 0 Å². The highest BCUT2D eigenvalue weighted by atomic mass is 32.2. The minimum atomic E-state index is -3.70. The second-order valence-electron chi connectivity index (χ2n) is 7.23. The topological polar surface area (TPSA) is 97.4 Å². The lowest BCUT2D eigenvalue weighted by atomic mass is 10.1. The van der Waals surface area contributed by atoms with Gasteiger partial charge in [0.15, 0.2) is 11.6 Å². The van der Waals surface area contributed by atoms with Crippen molar-refractivity contribution in [2.45, 2.75) is 31.7 Å². The molecule has 0 aliphatic rings. The molecule has 32 heavy (non-hydrogen) atoms. The average Bonchev–Trinajstić information content (AvgIpc) is 2.76. The van der Waals surface area contributed by atoms with Crippen molar-refractivity contribution in [3.8, 4) is 11.5 Å². The molecule has 168 valence electrons. The zero-order valence-electron chi connectivity index (χ0n) is 17.8. The van der Waals surface area contributed by atoms with E-state index >= 15 is 0 Å². The first-order chi connectivity index (χ1) is 15.2. The molecule has 0 unspecified atom stereocenters. The Morgan fingerprint density at radius 3 is 2.59 bits per heavy atom. The number of carbonyl (C=O) groups is 1. The van der Waals surface area contributed by atoms with Crippen LogP contribution in [0.4, 0.5) is 4.39 Å². The first kappa shape index (κ1) is 23.4. The van der Waals surface area contributed by atoms with Crippen LogP contribution in [0.25, 0.3) is 0 Å². The molecule has 3 rings (SSSR count). The fourth-order valence-electron chi connectivity index (χ4n) is 2.82. The smallest absolute Gasteiger partial charge is 0.240 e. The largest absolute Gasteiger partial charge is 0.453 e. The average molecular weight is 458 g/mol. The van der Waals surface area contributed by atoms with E-state index in [0.29, 0.717) is 11.3 Å². The van der Waals surface area contributed by atoms with Gasteiger partial charge in [-0.1, -0.05) is 12.1 Å². The number of benzene rings is 2. The number of sulfonamides is 1. The Morgan fingerprint density at radius 2 is 1.91 bits per heavy atom. The third-order valence-corrected chi connectivity index (χ3v) is 6.24. The summed E-state index contributed by atoms with van der Waals surface area (Å²) in [4.78, 5) is 16.1. The molecule has 7 nitrogen and oxygen atoms in total. The molecule has 3 aromatic rings. The number of carbonyl (C=O) groups excluding carboxylic acids is 1. The van der Waals surface area contributed by atoms with E-state index in [0.717, 1.165) is 11.1 Å². The van der Waals surface area contributed by atoms with E-state index in [4.69, 9.17) is 4.74 Å². The first-order valence-corrected chi connectivity index (χ1v) is 11.4. The molecule has 0 saturated carbocycles. The number of nitrogens with zero attached hydrogens (tertiary/aromatic N) is 1. The highest BCUT2D eigenvalue weighted by Gasteiger charge is 2.15. The van der Waals surface area contributed by atoms with Crippen molar-refractivity contribution in [1.82, 2.24) is 15.0 Å². The SMILES string of the molecule is Cc1ccc(S(=O)(=O)NCCC(=O)NCc2ccc(Oc3cccnc3)c(F)c2)cc1C. The molecule has 0 saturated heterocycles. The van der Waals surface area contributed by atoms with Gasteiger partial charge in [-0.15, -0.1) is 0 Å². The van der Waals surface area contributed by atoms with Gasteiger partial charge >= 0.3 is 0 Å². The van der Waals surface area contributed by atoms with E-state index in [9.17, 15) is 17.6 Å². The summed E-state index contributed by atoms with van der Waals surface area (Å²) in [6.45, 7) is 3.79. The third-order valence-electron chi connectivity index (χ3n) is 4.78. The van der Waals surface area contributed by atoms with Crippen LogP contribution in [0.15, 0.2) is 65.8 Å². The minimum absolute atomic E-state index is 0.0469. The zero-order valence-corrected chi connectivity index (χ0v) is 18.6. The normalized spacial score (nSPS) is 11.2. The van der Waals surface area contributed by atoms with Gasteiger partial charge in [0, 0.05) is 25.7 Å². The van der Waals surface area contributed by atoms with Crippen LogP contribution in [-0.2, 0) is 21.4 Å². The molecular formula is C23H24FN3O4S. The summed E-state index contributed by atoms with van der Waals surface area (Å²) in [5, 5.41) is 2.65. The standard InChI is InChI=1S/C23H24FN3O4S/c1-16-5-7-20(12-17(16)2)32(29,30)27-11-9-23(28)26-14-18-6-8-22(21(24)13-18)31-19-4-3-10-25-15-19/h3-8,10,12-13,15,27H,9,11,14H2,1-2H3,(H,26,28). The second-order valence-corrected chi connectivity index (χ2v) is 8.99. The molecule has 0 aliphatic heterocycles. The van der Waals surface area contributed by atoms with Crippen molar-refractivity contribution >= 4 is 15.9 Å². The van der Waals surface area contributed by atoms with E-state index in [1.807, 2.05) is 13.8 Å². The van der Waals surface area contributed by atoms with Crippen LogP contribution in [0.2, 0.25) is 0 Å². The number of hydrogen-bond acceptors (Lipinski definition) is 5. The summed E-state index contributed by atoms with van der Waals surface area (Å²) in [5.74, 6) is -0.463. The number of rotatable bonds is 9. The maximum atomic E-state index is 14.3. The van der Waals surface area contributed by atoms with Gasteiger partial charge in [0.1, 0.15) is 5.75 Å². The van der Waals surface area contributed by atoms with Gasteiger partial charge in [-0.3, -0.25) is 9.78 Å². The Balaban J connectivity index is 1.47. The maximum Gasteiger partial charge on any atom is 0.240 e. The lowest BCUT2D eigenvalue weighted by molar-refractivity contribution is -0.121. The van der Waals surface area contributed by atoms with Crippen molar-refractivity contribution < 1.29 is 22.3 Å². The lowest BCUT2D eigenvalue weighted by Crippen LogP contribution is -2.30. The van der Waals surface area contributed by atoms with Crippen LogP contribution in [0.3, 0.4) is 0 Å². The molecule has 1 aromatic heterocycles. The predicted molar refractivity (Wildman–Crippen MR) is 118 cm³/mol. The molecular weight excluding hydrogens is 433 g/mol. The number of hydrogen-bond donors (Lipinski definition) is 2. The van der Waals surface area contributed by atoms with Crippen molar-refractivity contribution in [2.75, 3.05) is 6.54 Å². The molecule has 0 atom stereocenters. The summed E-state index contributed by atoms with van der Waals surface area (Å²) >= 11 is 0. The molecule has 1 amide bonds. The second kappa shape index (κ2) is 10.3. The molecule has 9 heteroatoms. The molecule has 0 radical (unpaired) electrons. The van der Waals surface area contributed by atoms with Crippen molar-refractivity contribution in [2.24, 2.45) is 0 Å². The fraction of sp³-hybridized carbons (Fsp3) is 0.217. The monoisotopic (exact) mass is 457 g/mol. The number of amides is 1. The van der Waals surface area contributed by atoms with Gasteiger partial charge in [0.2, 0.25) is 15.9 Å². The number of halogens is 1. The van der Waals surface area contributed by atoms with Crippen LogP contribution in [0, 0.1) is 19.7 Å². The Morgan fingerprint density at radius 1 is 1.09 bits per heavy atom. The number of aromatic nitrogens is 1. The Bertz CT molecular complexity index is 1200. The van der Waals surface area contributed by atoms with Crippen molar-refractivity contribution in [3.05, 3.63) is 83.4 Å². The molecule has 0 spiro atoms. The lowest BCUT2D eigenvalue weighted by Gasteiger charge is -2.10. The number of aryl methyl sites for hydroxylation is 2. The van der Waals surface area contributed by atoms with Gasteiger partial charge in [0.05, 0.1) is 11.1 Å². The predicted octanol–water partition coefficient (Wildman–Crippen LogP) is 3.61. The van der Waals surface area contributed by atoms with Crippen LogP contribution in [-0.4, -0.2) is 25.9 Å². The van der Waals surface area contributed by atoms with Crippen molar-refractivity contribution in [1.29, 1.82) is 0 Å². The number of nitrogens with one attached hydrogen (secondary N) is 2. The maximum absolute atomic E-state index is 14.3. The fourth-order valence-corrected chi connectivity index (χ4v) is 3.94. The highest BCUT2D eigenvalue weighted by Crippen LogP contribution is 2.24. The van der Waals surface area contributed by atoms with Crippen LogP contribution < -0.4 is 14.8 Å². The van der Waals surface area contributed by atoms with E-state index in [1.165, 1.54) is 24.4 Å². The zero-order chi connectivity index (χ0) is 23.1. The van der Waals surface area contributed by atoms with Gasteiger partial charge in [-0.05, 0) is 66.9 Å². The Labute approximate surface area is 186 Å². The number of pyridine rings is 1. The van der Waals surface area contributed by atoms with Crippen LogP contribution >= 0.6 is 0 Å². The molecule has 0 fully saturated rings. The summed E-state index contributed by atoms with van der Waals surface area (Å²) < 4.78 is 46.8. The van der Waals surface area contributed by atoms with Gasteiger partial charge < -0.3 is 10.1 Å². The molecule has 2 N–H and O–H groups in total. The summed E-state index contributed by atoms with van der Waals surface area (Å²) in [7, 11) is -3.70. The van der Waals surface area contributed by atoms with Crippen LogP contribution in [0.5, 0.6) is 11.5 Å². The Kier molecular flexibility index (Phi) is 7.55. The first-order valence-electron chi connectivity index (χ1n) is 9.94. The molecule has 0 aliphatic carbocycles. The van der Waals surface area contributed by atoms with E-state index < -0.39 is 15.8 Å². The molecule has 0 bridgehead atoms.